The molecule has 172 valence electrons. The first kappa shape index (κ1) is 22.9. The van der Waals surface area contributed by atoms with Gasteiger partial charge >= 0.3 is 0 Å². The number of aliphatic hydroxyl groups excluding tert-OH is 1. The summed E-state index contributed by atoms with van der Waals surface area (Å²) in [5.41, 5.74) is 1.03. The standard InChI is InChI=1S/C24H25ClN4O4/c1-24(2)13-28(14-24)20(31)11-29-21-17(7-16(12-30)10-26-21)8-19(23(29)33)22(32)27-9-15-3-5-18(25)6-4-15/h3-8,10,30H,9,11-14H2,1-2H3,(H,27,32). The van der Waals surface area contributed by atoms with Crippen molar-refractivity contribution in [2.75, 3.05) is 13.1 Å². The van der Waals surface area contributed by atoms with Crippen LogP contribution in [0.25, 0.3) is 11.0 Å². The van der Waals surface area contributed by atoms with Crippen LogP contribution in [0.2, 0.25) is 5.02 Å². The maximum atomic E-state index is 13.3. The molecule has 0 bridgehead atoms. The zero-order valence-corrected chi connectivity index (χ0v) is 19.2. The Bertz CT molecular complexity index is 1280. The van der Waals surface area contributed by atoms with Gasteiger partial charge in [0.2, 0.25) is 5.91 Å². The van der Waals surface area contributed by atoms with Crippen LogP contribution >= 0.6 is 11.6 Å². The smallest absolute Gasteiger partial charge is 0.265 e. The summed E-state index contributed by atoms with van der Waals surface area (Å²) in [6, 6.07) is 10.1. The van der Waals surface area contributed by atoms with Crippen LogP contribution in [0.1, 0.15) is 35.3 Å². The Balaban J connectivity index is 1.66. The number of rotatable bonds is 6. The Morgan fingerprint density at radius 2 is 1.85 bits per heavy atom. The fourth-order valence-electron chi connectivity index (χ4n) is 3.99. The maximum absolute atomic E-state index is 13.3. The molecule has 1 saturated heterocycles. The van der Waals surface area contributed by atoms with Gasteiger partial charge in [0.25, 0.3) is 11.5 Å². The van der Waals surface area contributed by atoms with Crippen molar-refractivity contribution in [2.24, 2.45) is 5.41 Å². The first-order chi connectivity index (χ1) is 15.7. The second kappa shape index (κ2) is 8.96. The highest BCUT2D eigenvalue weighted by molar-refractivity contribution is 6.30. The number of hydrogen-bond acceptors (Lipinski definition) is 5. The highest BCUT2D eigenvalue weighted by Crippen LogP contribution is 2.28. The molecule has 1 aromatic carbocycles. The molecule has 3 aromatic rings. The van der Waals surface area contributed by atoms with Gasteiger partial charge < -0.3 is 15.3 Å². The summed E-state index contributed by atoms with van der Waals surface area (Å²) < 4.78 is 1.24. The SMILES string of the molecule is CC1(C)CN(C(=O)Cn2c(=O)c(C(=O)NCc3ccc(Cl)cc3)cc3cc(CO)cnc32)C1. The average molecular weight is 469 g/mol. The van der Waals surface area contributed by atoms with E-state index in [9.17, 15) is 19.5 Å². The van der Waals surface area contributed by atoms with E-state index in [1.54, 1.807) is 35.2 Å². The minimum absolute atomic E-state index is 0.0559. The van der Waals surface area contributed by atoms with Crippen LogP contribution in [0.15, 0.2) is 47.4 Å². The number of benzene rings is 1. The van der Waals surface area contributed by atoms with E-state index in [0.29, 0.717) is 34.7 Å². The topological polar surface area (TPSA) is 105 Å². The summed E-state index contributed by atoms with van der Waals surface area (Å²) in [6.07, 6.45) is 1.45. The predicted octanol–water partition coefficient (Wildman–Crippen LogP) is 2.34. The first-order valence-electron chi connectivity index (χ1n) is 10.6. The van der Waals surface area contributed by atoms with Gasteiger partial charge in [0, 0.05) is 36.2 Å². The van der Waals surface area contributed by atoms with Crippen LogP contribution in [-0.4, -0.2) is 44.5 Å². The molecule has 33 heavy (non-hydrogen) atoms. The molecule has 0 radical (unpaired) electrons. The van der Waals surface area contributed by atoms with Crippen molar-refractivity contribution < 1.29 is 14.7 Å². The van der Waals surface area contributed by atoms with E-state index in [2.05, 4.69) is 24.1 Å². The van der Waals surface area contributed by atoms with Crippen molar-refractivity contribution in [1.82, 2.24) is 19.8 Å². The molecule has 1 aliphatic rings. The third-order valence-electron chi connectivity index (χ3n) is 5.66. The zero-order chi connectivity index (χ0) is 23.8. The summed E-state index contributed by atoms with van der Waals surface area (Å²) >= 11 is 5.90. The van der Waals surface area contributed by atoms with Gasteiger partial charge in [0.05, 0.1) is 6.61 Å². The summed E-state index contributed by atoms with van der Waals surface area (Å²) in [5, 5.41) is 13.3. The van der Waals surface area contributed by atoms with Crippen LogP contribution in [-0.2, 0) is 24.5 Å². The maximum Gasteiger partial charge on any atom is 0.265 e. The van der Waals surface area contributed by atoms with Crippen LogP contribution in [0.3, 0.4) is 0 Å². The molecule has 4 rings (SSSR count). The molecule has 2 amide bonds. The lowest BCUT2D eigenvalue weighted by molar-refractivity contribution is -0.142. The van der Waals surface area contributed by atoms with E-state index in [1.165, 1.54) is 16.8 Å². The molecular formula is C24H25ClN4O4. The number of likely N-dealkylation sites (tertiary alicyclic amines) is 1. The molecule has 8 nitrogen and oxygen atoms in total. The summed E-state index contributed by atoms with van der Waals surface area (Å²) in [7, 11) is 0. The van der Waals surface area contributed by atoms with Crippen molar-refractivity contribution in [3.8, 4) is 0 Å². The van der Waals surface area contributed by atoms with Crippen molar-refractivity contribution in [2.45, 2.75) is 33.5 Å². The molecule has 0 aliphatic carbocycles. The van der Waals surface area contributed by atoms with Crippen molar-refractivity contribution >= 4 is 34.4 Å². The summed E-state index contributed by atoms with van der Waals surface area (Å²) in [5.74, 6) is -0.762. The van der Waals surface area contributed by atoms with Crippen LogP contribution in [0, 0.1) is 5.41 Å². The number of carbonyl (C=O) groups is 2. The Morgan fingerprint density at radius 1 is 1.15 bits per heavy atom. The Morgan fingerprint density at radius 3 is 2.48 bits per heavy atom. The number of amides is 2. The normalized spacial score (nSPS) is 14.7. The van der Waals surface area contributed by atoms with E-state index in [1.807, 2.05) is 0 Å². The third-order valence-corrected chi connectivity index (χ3v) is 5.91. The zero-order valence-electron chi connectivity index (χ0n) is 18.5. The number of nitrogens with zero attached hydrogens (tertiary/aromatic N) is 3. The van der Waals surface area contributed by atoms with Gasteiger partial charge in [0.1, 0.15) is 17.8 Å². The largest absolute Gasteiger partial charge is 0.392 e. The molecule has 0 atom stereocenters. The van der Waals surface area contributed by atoms with Crippen molar-refractivity contribution in [1.29, 1.82) is 0 Å². The molecule has 1 fully saturated rings. The van der Waals surface area contributed by atoms with Gasteiger partial charge in [-0.1, -0.05) is 37.6 Å². The molecule has 0 saturated carbocycles. The second-order valence-electron chi connectivity index (χ2n) is 9.09. The number of aromatic nitrogens is 2. The Labute approximate surface area is 195 Å². The van der Waals surface area contributed by atoms with E-state index in [4.69, 9.17) is 11.6 Å². The third kappa shape index (κ3) is 4.91. The van der Waals surface area contributed by atoms with Gasteiger partial charge in [-0.15, -0.1) is 0 Å². The molecule has 2 N–H and O–H groups in total. The number of nitrogens with one attached hydrogen (secondary N) is 1. The molecule has 9 heteroatoms. The lowest BCUT2D eigenvalue weighted by Gasteiger charge is -2.45. The van der Waals surface area contributed by atoms with E-state index in [0.717, 1.165) is 5.56 Å². The molecule has 1 aliphatic heterocycles. The monoisotopic (exact) mass is 468 g/mol. The van der Waals surface area contributed by atoms with Gasteiger partial charge in [-0.25, -0.2) is 4.98 Å². The van der Waals surface area contributed by atoms with Crippen molar-refractivity contribution in [3.63, 3.8) is 0 Å². The lowest BCUT2D eigenvalue weighted by atomic mass is 9.84. The van der Waals surface area contributed by atoms with E-state index in [-0.39, 0.29) is 36.6 Å². The molecule has 3 heterocycles. The first-order valence-corrected chi connectivity index (χ1v) is 11.0. The Hall–Kier alpha value is -3.23. The minimum atomic E-state index is -0.589. The van der Waals surface area contributed by atoms with Crippen LogP contribution < -0.4 is 10.9 Å². The lowest BCUT2D eigenvalue weighted by Crippen LogP contribution is -2.56. The van der Waals surface area contributed by atoms with Gasteiger partial charge in [-0.05, 0) is 40.8 Å². The van der Waals surface area contributed by atoms with E-state index >= 15 is 0 Å². The Kier molecular flexibility index (Phi) is 6.23. The number of fused-ring (bicyclic) bond motifs is 1. The average Bonchev–Trinajstić information content (AvgIpc) is 2.78. The van der Waals surface area contributed by atoms with Crippen LogP contribution in [0.5, 0.6) is 0 Å². The molecule has 0 spiro atoms. The quantitative estimate of drug-likeness (QED) is 0.577. The highest BCUT2D eigenvalue weighted by Gasteiger charge is 2.37. The fraction of sp³-hybridized carbons (Fsp3) is 0.333. The fourth-order valence-corrected chi connectivity index (χ4v) is 4.11. The highest BCUT2D eigenvalue weighted by atomic mass is 35.5. The number of pyridine rings is 2. The number of halogens is 1. The molecule has 2 aromatic heterocycles. The molecular weight excluding hydrogens is 444 g/mol. The van der Waals surface area contributed by atoms with Crippen molar-refractivity contribution in [3.05, 3.63) is 74.7 Å². The molecule has 0 unspecified atom stereocenters. The number of carbonyl (C=O) groups excluding carboxylic acids is 2. The van der Waals surface area contributed by atoms with Gasteiger partial charge in [-0.2, -0.15) is 0 Å². The van der Waals surface area contributed by atoms with Gasteiger partial charge in [0.15, 0.2) is 0 Å². The van der Waals surface area contributed by atoms with Crippen LogP contribution in [0.4, 0.5) is 0 Å². The second-order valence-corrected chi connectivity index (χ2v) is 9.52. The number of hydrogen-bond donors (Lipinski definition) is 2. The summed E-state index contributed by atoms with van der Waals surface area (Å²) in [6.45, 7) is 5.13. The predicted molar refractivity (Wildman–Crippen MR) is 125 cm³/mol. The van der Waals surface area contributed by atoms with E-state index < -0.39 is 11.5 Å². The minimum Gasteiger partial charge on any atom is -0.392 e. The summed E-state index contributed by atoms with van der Waals surface area (Å²) in [4.78, 5) is 44.9. The number of aliphatic hydroxyl groups is 1. The van der Waals surface area contributed by atoms with Gasteiger partial charge in [-0.3, -0.25) is 19.0 Å².